The van der Waals surface area contributed by atoms with Crippen LogP contribution in [0, 0.1) is 0 Å². The minimum Gasteiger partial charge on any atom is -0.478 e. The number of hydrogen-bond acceptors (Lipinski definition) is 5. The van der Waals surface area contributed by atoms with Crippen molar-refractivity contribution in [3.05, 3.63) is 48.0 Å². The molecule has 0 atom stereocenters. The first-order valence-corrected chi connectivity index (χ1v) is 11.6. The summed E-state index contributed by atoms with van der Waals surface area (Å²) in [6.45, 7) is 5.49. The van der Waals surface area contributed by atoms with Crippen LogP contribution in [0.4, 0.5) is 5.69 Å². The van der Waals surface area contributed by atoms with Gasteiger partial charge in [0, 0.05) is 13.1 Å². The molecule has 0 saturated carbocycles. The molecule has 0 fully saturated rings. The first-order valence-electron chi connectivity index (χ1n) is 10.2. The molecule has 0 aliphatic rings. The number of para-hydroxylation sites is 1. The predicted molar refractivity (Wildman–Crippen MR) is 118 cm³/mol. The summed E-state index contributed by atoms with van der Waals surface area (Å²) in [6, 6.07) is 11.5. The van der Waals surface area contributed by atoms with E-state index in [1.54, 1.807) is 24.3 Å². The Hall–Kier alpha value is -2.58. The van der Waals surface area contributed by atoms with Crippen molar-refractivity contribution in [3.8, 4) is 11.5 Å². The van der Waals surface area contributed by atoms with Crippen LogP contribution in [0.15, 0.2) is 47.4 Å². The highest BCUT2D eigenvalue weighted by Crippen LogP contribution is 2.40. The van der Waals surface area contributed by atoms with Crippen LogP contribution in [0.2, 0.25) is 0 Å². The highest BCUT2D eigenvalue weighted by molar-refractivity contribution is 7.89. The van der Waals surface area contributed by atoms with Crippen LogP contribution in [-0.4, -0.2) is 39.6 Å². The molecule has 0 aliphatic heterocycles. The van der Waals surface area contributed by atoms with E-state index >= 15 is 0 Å². The third kappa shape index (κ3) is 5.96. The Bertz CT molecular complexity index is 938. The monoisotopic (exact) mass is 434 g/mol. The van der Waals surface area contributed by atoms with Gasteiger partial charge < -0.3 is 14.7 Å². The van der Waals surface area contributed by atoms with Crippen molar-refractivity contribution >= 4 is 21.7 Å². The maximum atomic E-state index is 12.8. The van der Waals surface area contributed by atoms with Gasteiger partial charge in [-0.15, -0.1) is 0 Å². The number of ether oxygens (including phenoxy) is 1. The van der Waals surface area contributed by atoms with E-state index in [1.165, 1.54) is 13.1 Å². The van der Waals surface area contributed by atoms with Crippen LogP contribution < -0.4 is 14.4 Å². The molecule has 2 aromatic carbocycles. The fourth-order valence-corrected chi connectivity index (χ4v) is 3.91. The molecule has 0 saturated heterocycles. The van der Waals surface area contributed by atoms with Crippen LogP contribution in [-0.2, 0) is 10.0 Å². The molecule has 8 heteroatoms. The number of nitrogens with one attached hydrogen (secondary N) is 1. The van der Waals surface area contributed by atoms with Crippen molar-refractivity contribution in [2.75, 3.05) is 25.0 Å². The lowest BCUT2D eigenvalue weighted by Gasteiger charge is -2.28. The quantitative estimate of drug-likeness (QED) is 0.511. The number of carbonyl (C=O) groups is 1. The largest absolute Gasteiger partial charge is 0.478 e. The Morgan fingerprint density at radius 3 is 2.17 bits per heavy atom. The molecule has 0 radical (unpaired) electrons. The second-order valence-corrected chi connectivity index (χ2v) is 8.80. The topological polar surface area (TPSA) is 95.9 Å². The third-order valence-corrected chi connectivity index (χ3v) is 6.13. The lowest BCUT2D eigenvalue weighted by atomic mass is 10.1. The van der Waals surface area contributed by atoms with Gasteiger partial charge in [0.15, 0.2) is 5.75 Å². The van der Waals surface area contributed by atoms with Gasteiger partial charge in [-0.2, -0.15) is 0 Å². The zero-order valence-corrected chi connectivity index (χ0v) is 18.5. The van der Waals surface area contributed by atoms with Crippen LogP contribution in [0.3, 0.4) is 0 Å². The van der Waals surface area contributed by atoms with Crippen LogP contribution in [0.25, 0.3) is 0 Å². The van der Waals surface area contributed by atoms with Gasteiger partial charge in [-0.05, 0) is 44.2 Å². The Kier molecular flexibility index (Phi) is 8.68. The van der Waals surface area contributed by atoms with Crippen molar-refractivity contribution in [2.24, 2.45) is 0 Å². The summed E-state index contributed by atoms with van der Waals surface area (Å²) in [6.07, 6.45) is 3.69. The number of sulfonamides is 1. The number of carboxylic acid groups (broad SMARTS) is 1. The van der Waals surface area contributed by atoms with Gasteiger partial charge in [-0.1, -0.05) is 44.9 Å². The van der Waals surface area contributed by atoms with Crippen molar-refractivity contribution in [1.29, 1.82) is 0 Å². The first kappa shape index (κ1) is 23.7. The lowest BCUT2D eigenvalue weighted by Crippen LogP contribution is -2.28. The fourth-order valence-electron chi connectivity index (χ4n) is 3.02. The highest BCUT2D eigenvalue weighted by Gasteiger charge is 2.27. The summed E-state index contributed by atoms with van der Waals surface area (Å²) in [5.74, 6) is -0.589. The first-order chi connectivity index (χ1) is 14.3. The Morgan fingerprint density at radius 2 is 1.67 bits per heavy atom. The zero-order valence-electron chi connectivity index (χ0n) is 17.7. The highest BCUT2D eigenvalue weighted by atomic mass is 32.2. The maximum absolute atomic E-state index is 12.8. The molecule has 2 N–H and O–H groups in total. The lowest BCUT2D eigenvalue weighted by molar-refractivity contribution is 0.0696. The number of nitrogens with zero attached hydrogens (tertiary/aromatic N) is 1. The Labute approximate surface area is 178 Å². The van der Waals surface area contributed by atoms with Crippen LogP contribution >= 0.6 is 0 Å². The summed E-state index contributed by atoms with van der Waals surface area (Å²) in [4.78, 5) is 13.6. The van der Waals surface area contributed by atoms with E-state index in [-0.39, 0.29) is 16.2 Å². The number of hydrogen-bond donors (Lipinski definition) is 2. The minimum atomic E-state index is -3.97. The molecule has 7 nitrogen and oxygen atoms in total. The molecule has 0 aliphatic carbocycles. The van der Waals surface area contributed by atoms with E-state index < -0.39 is 16.0 Å². The zero-order chi connectivity index (χ0) is 22.1. The van der Waals surface area contributed by atoms with E-state index in [0.29, 0.717) is 24.5 Å². The molecular formula is C22H30N2O5S. The standard InChI is InChI=1S/C22H30N2O5S/c1-4-6-13-24(14-7-5-2)19-15-17(22(25)26)16-20(30(27,28)23-3)21(19)29-18-11-9-8-10-12-18/h8-12,15-16,23H,4-7,13-14H2,1-3H3,(H,25,26). The summed E-state index contributed by atoms with van der Waals surface area (Å²) < 4.78 is 33.9. The van der Waals surface area contributed by atoms with Crippen molar-refractivity contribution in [2.45, 2.75) is 44.4 Å². The molecule has 2 aromatic rings. The SMILES string of the molecule is CCCCN(CCCC)c1cc(C(=O)O)cc(S(=O)(=O)NC)c1Oc1ccccc1. The van der Waals surface area contributed by atoms with Gasteiger partial charge in [0.1, 0.15) is 10.6 Å². The fraction of sp³-hybridized carbons (Fsp3) is 0.409. The molecule has 2 rings (SSSR count). The summed E-state index contributed by atoms with van der Waals surface area (Å²) in [5.41, 5.74) is 0.367. The van der Waals surface area contributed by atoms with Crippen molar-refractivity contribution < 1.29 is 23.1 Å². The minimum absolute atomic E-state index is 0.0998. The summed E-state index contributed by atoms with van der Waals surface area (Å²) in [7, 11) is -2.67. The van der Waals surface area contributed by atoms with Gasteiger partial charge in [0.25, 0.3) is 0 Å². The summed E-state index contributed by atoms with van der Waals surface area (Å²) >= 11 is 0. The summed E-state index contributed by atoms with van der Waals surface area (Å²) in [5, 5.41) is 9.61. The number of benzene rings is 2. The molecule has 0 amide bonds. The number of rotatable bonds is 12. The van der Waals surface area contributed by atoms with Crippen molar-refractivity contribution in [1.82, 2.24) is 4.72 Å². The van der Waals surface area contributed by atoms with Gasteiger partial charge in [-0.25, -0.2) is 17.9 Å². The smallest absolute Gasteiger partial charge is 0.335 e. The van der Waals surface area contributed by atoms with E-state index in [9.17, 15) is 18.3 Å². The number of anilines is 1. The molecule has 0 spiro atoms. The van der Waals surface area contributed by atoms with Gasteiger partial charge in [0.05, 0.1) is 11.3 Å². The molecular weight excluding hydrogens is 404 g/mol. The van der Waals surface area contributed by atoms with Gasteiger partial charge >= 0.3 is 5.97 Å². The average molecular weight is 435 g/mol. The molecule has 164 valence electrons. The molecule has 0 bridgehead atoms. The van der Waals surface area contributed by atoms with Crippen LogP contribution in [0.5, 0.6) is 11.5 Å². The van der Waals surface area contributed by atoms with Gasteiger partial charge in [-0.3, -0.25) is 0 Å². The average Bonchev–Trinajstić information content (AvgIpc) is 2.74. The number of aromatic carboxylic acids is 1. The van der Waals surface area contributed by atoms with Crippen molar-refractivity contribution in [3.63, 3.8) is 0 Å². The van der Waals surface area contributed by atoms with E-state index in [0.717, 1.165) is 31.7 Å². The Balaban J connectivity index is 2.75. The molecule has 30 heavy (non-hydrogen) atoms. The molecule has 0 unspecified atom stereocenters. The molecule has 0 aromatic heterocycles. The molecule has 0 heterocycles. The second-order valence-electron chi connectivity index (χ2n) is 6.94. The number of unbranched alkanes of at least 4 members (excludes halogenated alkanes) is 2. The third-order valence-electron chi connectivity index (χ3n) is 4.71. The second kappa shape index (κ2) is 11.0. The maximum Gasteiger partial charge on any atom is 0.335 e. The van der Waals surface area contributed by atoms with E-state index in [1.807, 2.05) is 11.0 Å². The Morgan fingerprint density at radius 1 is 1.07 bits per heavy atom. The normalized spacial score (nSPS) is 11.3. The van der Waals surface area contributed by atoms with E-state index in [2.05, 4.69) is 18.6 Å². The van der Waals surface area contributed by atoms with Crippen LogP contribution in [0.1, 0.15) is 49.9 Å². The predicted octanol–water partition coefficient (Wildman–Crippen LogP) is 4.49. The van der Waals surface area contributed by atoms with E-state index in [4.69, 9.17) is 4.74 Å². The number of carboxylic acids is 1. The van der Waals surface area contributed by atoms with Gasteiger partial charge in [0.2, 0.25) is 10.0 Å².